The number of benzene rings is 3. The average molecular weight is 497 g/mol. The van der Waals surface area contributed by atoms with Gasteiger partial charge in [0.1, 0.15) is 12.3 Å². The first-order valence-corrected chi connectivity index (χ1v) is 12.0. The highest BCUT2D eigenvalue weighted by Crippen LogP contribution is 2.25. The largest absolute Gasteiger partial charge is 0.494 e. The van der Waals surface area contributed by atoms with Gasteiger partial charge >= 0.3 is 0 Å². The van der Waals surface area contributed by atoms with Crippen LogP contribution in [0.15, 0.2) is 88.9 Å². The molecule has 10 nitrogen and oxygen atoms in total. The highest BCUT2D eigenvalue weighted by Gasteiger charge is 2.27. The van der Waals surface area contributed by atoms with Gasteiger partial charge in [-0.25, -0.2) is 13.8 Å². The number of amides is 1. The van der Waals surface area contributed by atoms with E-state index in [0.29, 0.717) is 29.3 Å². The Balaban J connectivity index is 1.81. The number of nitro benzene ring substituents is 1. The number of sulfonamides is 1. The molecule has 0 saturated carbocycles. The fourth-order valence-electron chi connectivity index (χ4n) is 3.11. The maximum absolute atomic E-state index is 13.4. The van der Waals surface area contributed by atoms with E-state index >= 15 is 0 Å². The summed E-state index contributed by atoms with van der Waals surface area (Å²) in [6.07, 6.45) is 0. The summed E-state index contributed by atoms with van der Waals surface area (Å²) in [6, 6.07) is 19.9. The topological polar surface area (TPSA) is 131 Å². The van der Waals surface area contributed by atoms with Crippen molar-refractivity contribution >= 4 is 33.0 Å². The molecule has 0 fully saturated rings. The second-order valence-corrected chi connectivity index (χ2v) is 9.15. The van der Waals surface area contributed by atoms with Crippen LogP contribution in [-0.4, -0.2) is 38.1 Å². The molecule has 11 heteroatoms. The number of non-ortho nitro benzene ring substituents is 1. The number of nitro groups is 1. The lowest BCUT2D eigenvalue weighted by Crippen LogP contribution is -2.39. The zero-order valence-electron chi connectivity index (χ0n) is 19.1. The number of nitrogens with zero attached hydrogens (tertiary/aromatic N) is 3. The second-order valence-electron chi connectivity index (χ2n) is 7.29. The van der Waals surface area contributed by atoms with Crippen LogP contribution in [0, 0.1) is 10.1 Å². The molecule has 0 radical (unpaired) electrons. The zero-order chi connectivity index (χ0) is 25.4. The highest BCUT2D eigenvalue weighted by atomic mass is 32.2. The van der Waals surface area contributed by atoms with Gasteiger partial charge in [-0.2, -0.15) is 5.10 Å². The maximum Gasteiger partial charge on any atom is 0.269 e. The van der Waals surface area contributed by atoms with E-state index in [9.17, 15) is 23.3 Å². The number of carbonyl (C=O) groups is 1. The van der Waals surface area contributed by atoms with Crippen LogP contribution in [0.5, 0.6) is 5.75 Å². The van der Waals surface area contributed by atoms with Crippen LogP contribution in [0.1, 0.15) is 19.4 Å². The number of carbonyl (C=O) groups excluding carboxylic acids is 1. The molecule has 1 N–H and O–H groups in total. The molecular weight excluding hydrogens is 472 g/mol. The average Bonchev–Trinajstić information content (AvgIpc) is 2.87. The van der Waals surface area contributed by atoms with Crippen molar-refractivity contribution in [1.29, 1.82) is 0 Å². The first-order valence-electron chi connectivity index (χ1n) is 10.6. The van der Waals surface area contributed by atoms with E-state index in [1.807, 2.05) is 6.92 Å². The molecule has 35 heavy (non-hydrogen) atoms. The fraction of sp³-hybridized carbons (Fsp3) is 0.167. The number of anilines is 1. The summed E-state index contributed by atoms with van der Waals surface area (Å²) in [6.45, 7) is 3.37. The van der Waals surface area contributed by atoms with Gasteiger partial charge in [-0.05, 0) is 67.9 Å². The van der Waals surface area contributed by atoms with Crippen molar-refractivity contribution in [2.45, 2.75) is 18.7 Å². The van der Waals surface area contributed by atoms with Crippen LogP contribution < -0.4 is 14.5 Å². The molecule has 3 rings (SSSR count). The third-order valence-corrected chi connectivity index (χ3v) is 6.69. The van der Waals surface area contributed by atoms with Crippen molar-refractivity contribution in [1.82, 2.24) is 5.43 Å². The Morgan fingerprint density at radius 3 is 2.23 bits per heavy atom. The molecule has 0 bridgehead atoms. The molecule has 0 heterocycles. The van der Waals surface area contributed by atoms with Crippen LogP contribution in [0.4, 0.5) is 11.4 Å². The third kappa shape index (κ3) is 6.42. The first kappa shape index (κ1) is 25.4. The lowest BCUT2D eigenvalue weighted by Gasteiger charge is -2.23. The quantitative estimate of drug-likeness (QED) is 0.258. The number of para-hydroxylation sites is 1. The Labute approximate surface area is 203 Å². The third-order valence-electron chi connectivity index (χ3n) is 4.90. The Morgan fingerprint density at radius 2 is 1.66 bits per heavy atom. The minimum Gasteiger partial charge on any atom is -0.494 e. The van der Waals surface area contributed by atoms with E-state index in [-0.39, 0.29) is 10.6 Å². The molecule has 0 atom stereocenters. The molecule has 0 aliphatic heterocycles. The van der Waals surface area contributed by atoms with Crippen molar-refractivity contribution < 1.29 is 22.9 Å². The summed E-state index contributed by atoms with van der Waals surface area (Å²) in [4.78, 5) is 23.0. The van der Waals surface area contributed by atoms with Gasteiger partial charge in [-0.3, -0.25) is 19.2 Å². The number of nitrogens with one attached hydrogen (secondary N) is 1. The van der Waals surface area contributed by atoms with Crippen LogP contribution in [0.2, 0.25) is 0 Å². The summed E-state index contributed by atoms with van der Waals surface area (Å²) in [7, 11) is -4.08. The molecule has 1 amide bonds. The Bertz CT molecular complexity index is 1310. The number of hydrogen-bond acceptors (Lipinski definition) is 7. The van der Waals surface area contributed by atoms with Crippen LogP contribution >= 0.6 is 0 Å². The molecule has 0 aliphatic carbocycles. The molecule has 0 spiro atoms. The van der Waals surface area contributed by atoms with Crippen molar-refractivity contribution in [3.05, 3.63) is 94.5 Å². The van der Waals surface area contributed by atoms with Crippen LogP contribution in [0.25, 0.3) is 0 Å². The predicted octanol–water partition coefficient (Wildman–Crippen LogP) is 3.73. The SMILES string of the molecule is CCOc1ccc(S(=O)(=O)N(CC(=O)NN=C(C)c2ccc([N+](=O)[O-])cc2)c2ccccc2)cc1. The van der Waals surface area contributed by atoms with E-state index < -0.39 is 27.4 Å². The molecule has 0 saturated heterocycles. The van der Waals surface area contributed by atoms with Crippen molar-refractivity contribution in [3.8, 4) is 5.75 Å². The first-order chi connectivity index (χ1) is 16.7. The molecule has 0 aliphatic rings. The molecule has 0 aromatic heterocycles. The summed E-state index contributed by atoms with van der Waals surface area (Å²) < 4.78 is 33.2. The summed E-state index contributed by atoms with van der Waals surface area (Å²) in [5, 5.41) is 14.8. The van der Waals surface area contributed by atoms with Gasteiger partial charge in [0.25, 0.3) is 21.6 Å². The normalized spacial score (nSPS) is 11.5. The Kier molecular flexibility index (Phi) is 8.16. The summed E-state index contributed by atoms with van der Waals surface area (Å²) in [5.41, 5.74) is 3.57. The number of ether oxygens (including phenoxy) is 1. The van der Waals surface area contributed by atoms with Gasteiger partial charge in [0.15, 0.2) is 0 Å². The summed E-state index contributed by atoms with van der Waals surface area (Å²) >= 11 is 0. The van der Waals surface area contributed by atoms with E-state index in [2.05, 4.69) is 10.5 Å². The minimum absolute atomic E-state index is 0.00293. The fourth-order valence-corrected chi connectivity index (χ4v) is 4.53. The smallest absolute Gasteiger partial charge is 0.269 e. The minimum atomic E-state index is -4.08. The van der Waals surface area contributed by atoms with Gasteiger partial charge in [-0.1, -0.05) is 18.2 Å². The molecule has 182 valence electrons. The van der Waals surface area contributed by atoms with Gasteiger partial charge in [0, 0.05) is 12.1 Å². The van der Waals surface area contributed by atoms with E-state index in [0.717, 1.165) is 4.31 Å². The van der Waals surface area contributed by atoms with Gasteiger partial charge in [-0.15, -0.1) is 0 Å². The Morgan fingerprint density at radius 1 is 1.03 bits per heavy atom. The van der Waals surface area contributed by atoms with E-state index in [1.54, 1.807) is 49.4 Å². The van der Waals surface area contributed by atoms with Crippen LogP contribution in [0.3, 0.4) is 0 Å². The number of hydrazone groups is 1. The van der Waals surface area contributed by atoms with E-state index in [1.165, 1.54) is 36.4 Å². The second kappa shape index (κ2) is 11.3. The monoisotopic (exact) mass is 496 g/mol. The molecule has 3 aromatic rings. The lowest BCUT2D eigenvalue weighted by molar-refractivity contribution is -0.384. The lowest BCUT2D eigenvalue weighted by atomic mass is 10.1. The number of hydrogen-bond donors (Lipinski definition) is 1. The maximum atomic E-state index is 13.4. The predicted molar refractivity (Wildman–Crippen MR) is 132 cm³/mol. The molecule has 3 aromatic carbocycles. The van der Waals surface area contributed by atoms with Crippen molar-refractivity contribution in [2.75, 3.05) is 17.5 Å². The molecule has 0 unspecified atom stereocenters. The van der Waals surface area contributed by atoms with Gasteiger partial charge in [0.2, 0.25) is 0 Å². The van der Waals surface area contributed by atoms with E-state index in [4.69, 9.17) is 4.74 Å². The Hall–Kier alpha value is -4.25. The van der Waals surface area contributed by atoms with Crippen molar-refractivity contribution in [2.24, 2.45) is 5.10 Å². The van der Waals surface area contributed by atoms with Crippen molar-refractivity contribution in [3.63, 3.8) is 0 Å². The number of rotatable bonds is 10. The zero-order valence-corrected chi connectivity index (χ0v) is 19.9. The van der Waals surface area contributed by atoms with Gasteiger partial charge in [0.05, 0.1) is 27.8 Å². The van der Waals surface area contributed by atoms with Crippen LogP contribution in [-0.2, 0) is 14.8 Å². The highest BCUT2D eigenvalue weighted by molar-refractivity contribution is 7.92. The molecular formula is C24H24N4O6S. The van der Waals surface area contributed by atoms with Gasteiger partial charge < -0.3 is 4.74 Å². The standard InChI is InChI=1S/C24H24N4O6S/c1-3-34-22-13-15-23(16-14-22)35(32,33)27(20-7-5-4-6-8-20)17-24(29)26-25-18(2)19-9-11-21(12-10-19)28(30)31/h4-16H,3,17H2,1-2H3,(H,26,29). The summed E-state index contributed by atoms with van der Waals surface area (Å²) in [5.74, 6) is -0.129.